The lowest BCUT2D eigenvalue weighted by molar-refractivity contribution is -0.131. The second kappa shape index (κ2) is 6.08. The van der Waals surface area contributed by atoms with Crippen LogP contribution < -0.4 is 14.9 Å². The summed E-state index contributed by atoms with van der Waals surface area (Å²) in [6.07, 6.45) is 0. The van der Waals surface area contributed by atoms with Crippen LogP contribution in [0.3, 0.4) is 0 Å². The van der Waals surface area contributed by atoms with Crippen LogP contribution in [0.2, 0.25) is 0 Å². The van der Waals surface area contributed by atoms with Crippen molar-refractivity contribution in [3.8, 4) is 28.6 Å². The van der Waals surface area contributed by atoms with E-state index in [1.807, 2.05) is 18.2 Å². The van der Waals surface area contributed by atoms with Gasteiger partial charge in [-0.15, -0.1) is 0 Å². The van der Waals surface area contributed by atoms with Gasteiger partial charge in [0.05, 0.1) is 7.11 Å². The molecular formula is C18H14O6. The molecule has 0 aliphatic carbocycles. The molecule has 1 heterocycles. The van der Waals surface area contributed by atoms with Crippen LogP contribution in [0.1, 0.15) is 6.92 Å². The Hall–Kier alpha value is -3.28. The fourth-order valence-electron chi connectivity index (χ4n) is 2.44. The maximum Gasteiger partial charge on any atom is 0.308 e. The molecule has 0 saturated carbocycles. The lowest BCUT2D eigenvalue weighted by Crippen LogP contribution is -2.06. The molecule has 0 saturated heterocycles. The normalized spacial score (nSPS) is 10.6. The highest BCUT2D eigenvalue weighted by molar-refractivity contribution is 5.92. The maximum absolute atomic E-state index is 12.4. The van der Waals surface area contributed by atoms with Crippen LogP contribution in [-0.4, -0.2) is 18.2 Å². The molecule has 122 valence electrons. The summed E-state index contributed by atoms with van der Waals surface area (Å²) in [7, 11) is 1.36. The van der Waals surface area contributed by atoms with Gasteiger partial charge in [-0.3, -0.25) is 9.59 Å². The number of phenols is 1. The predicted octanol–water partition coefficient (Wildman–Crippen LogP) is 3.10. The average Bonchev–Trinajstić information content (AvgIpc) is 2.54. The summed E-state index contributed by atoms with van der Waals surface area (Å²) in [5.74, 6) is -0.592. The van der Waals surface area contributed by atoms with Crippen molar-refractivity contribution < 1.29 is 23.8 Å². The van der Waals surface area contributed by atoms with Crippen LogP contribution in [0.5, 0.6) is 17.2 Å². The number of rotatable bonds is 3. The van der Waals surface area contributed by atoms with Gasteiger partial charge in [-0.05, 0) is 0 Å². The molecule has 0 aliphatic rings. The third kappa shape index (κ3) is 2.69. The van der Waals surface area contributed by atoms with Gasteiger partial charge < -0.3 is 19.0 Å². The zero-order valence-electron chi connectivity index (χ0n) is 13.0. The Labute approximate surface area is 136 Å². The Morgan fingerprint density at radius 1 is 1.17 bits per heavy atom. The molecule has 1 N–H and O–H groups in total. The number of aromatic hydroxyl groups is 1. The first-order chi connectivity index (χ1) is 11.5. The van der Waals surface area contributed by atoms with Gasteiger partial charge in [0.25, 0.3) is 0 Å². The largest absolute Gasteiger partial charge is 0.507 e. The van der Waals surface area contributed by atoms with E-state index in [1.54, 1.807) is 12.1 Å². The molecule has 24 heavy (non-hydrogen) atoms. The van der Waals surface area contributed by atoms with Crippen molar-refractivity contribution in [2.75, 3.05) is 7.11 Å². The van der Waals surface area contributed by atoms with Crippen molar-refractivity contribution in [2.24, 2.45) is 0 Å². The first-order valence-electron chi connectivity index (χ1n) is 7.13. The minimum Gasteiger partial charge on any atom is -0.507 e. The zero-order valence-corrected chi connectivity index (χ0v) is 13.0. The van der Waals surface area contributed by atoms with Gasteiger partial charge in [-0.2, -0.15) is 0 Å². The number of benzene rings is 2. The molecule has 0 amide bonds. The molecule has 0 atom stereocenters. The summed E-state index contributed by atoms with van der Waals surface area (Å²) in [6, 6.07) is 11.5. The molecule has 6 heteroatoms. The molecule has 3 aromatic rings. The number of phenolic OH excluding ortho intramolecular Hbond substituents is 1. The standard InChI is InChI=1S/C18H14O6/c1-10(19)23-15-9-13(21)16-12(20)8-14(11-6-4-3-5-7-11)24-18(16)17(15)22-2/h3-9,21H,1-2H3. The summed E-state index contributed by atoms with van der Waals surface area (Å²) in [6.45, 7) is 1.22. The third-order valence-electron chi connectivity index (χ3n) is 3.42. The zero-order chi connectivity index (χ0) is 17.3. The van der Waals surface area contributed by atoms with Gasteiger partial charge in [0.1, 0.15) is 16.9 Å². The van der Waals surface area contributed by atoms with Crippen LogP contribution >= 0.6 is 0 Å². The molecule has 0 fully saturated rings. The molecule has 0 spiro atoms. The minimum atomic E-state index is -0.589. The first kappa shape index (κ1) is 15.6. The number of fused-ring (bicyclic) bond motifs is 1. The van der Waals surface area contributed by atoms with Crippen molar-refractivity contribution in [3.63, 3.8) is 0 Å². The van der Waals surface area contributed by atoms with Crippen LogP contribution in [-0.2, 0) is 4.79 Å². The second-order valence-electron chi connectivity index (χ2n) is 5.07. The van der Waals surface area contributed by atoms with E-state index in [9.17, 15) is 14.7 Å². The average molecular weight is 326 g/mol. The first-order valence-corrected chi connectivity index (χ1v) is 7.13. The van der Waals surface area contributed by atoms with Gasteiger partial charge in [-0.1, -0.05) is 30.3 Å². The maximum atomic E-state index is 12.4. The monoisotopic (exact) mass is 326 g/mol. The summed E-state index contributed by atoms with van der Waals surface area (Å²) >= 11 is 0. The number of ether oxygens (including phenoxy) is 2. The van der Waals surface area contributed by atoms with E-state index in [0.717, 1.165) is 6.07 Å². The highest BCUT2D eigenvalue weighted by atomic mass is 16.6. The Bertz CT molecular complexity index is 972. The summed E-state index contributed by atoms with van der Waals surface area (Å²) in [5.41, 5.74) is 0.274. The molecule has 2 aromatic carbocycles. The smallest absolute Gasteiger partial charge is 0.308 e. The second-order valence-corrected chi connectivity index (χ2v) is 5.07. The molecule has 0 radical (unpaired) electrons. The van der Waals surface area contributed by atoms with Gasteiger partial charge in [0.2, 0.25) is 5.75 Å². The molecule has 0 bridgehead atoms. The van der Waals surface area contributed by atoms with E-state index in [2.05, 4.69) is 0 Å². The van der Waals surface area contributed by atoms with Crippen molar-refractivity contribution in [1.82, 2.24) is 0 Å². The molecule has 1 aromatic heterocycles. The third-order valence-corrected chi connectivity index (χ3v) is 3.42. The van der Waals surface area contributed by atoms with Crippen LogP contribution in [0, 0.1) is 0 Å². The van der Waals surface area contributed by atoms with Crippen molar-refractivity contribution in [2.45, 2.75) is 6.92 Å². The van der Waals surface area contributed by atoms with Gasteiger partial charge in [0, 0.05) is 24.6 Å². The van der Waals surface area contributed by atoms with Gasteiger partial charge in [0.15, 0.2) is 16.8 Å². The van der Waals surface area contributed by atoms with E-state index in [4.69, 9.17) is 13.9 Å². The van der Waals surface area contributed by atoms with Gasteiger partial charge >= 0.3 is 5.97 Å². The highest BCUT2D eigenvalue weighted by Crippen LogP contribution is 2.41. The number of hydrogen-bond donors (Lipinski definition) is 1. The predicted molar refractivity (Wildman–Crippen MR) is 87.4 cm³/mol. The Kier molecular flexibility index (Phi) is 3.95. The quantitative estimate of drug-likeness (QED) is 0.588. The number of carbonyl (C=O) groups excluding carboxylic acids is 1. The van der Waals surface area contributed by atoms with Crippen molar-refractivity contribution >= 4 is 16.9 Å². The molecule has 0 unspecified atom stereocenters. The fourth-order valence-corrected chi connectivity index (χ4v) is 2.44. The SMILES string of the molecule is COc1c(OC(C)=O)cc(O)c2c(=O)cc(-c3ccccc3)oc12. The highest BCUT2D eigenvalue weighted by Gasteiger charge is 2.21. The molecule has 6 nitrogen and oxygen atoms in total. The van der Waals surface area contributed by atoms with E-state index < -0.39 is 11.4 Å². The molecule has 3 rings (SSSR count). The van der Waals surface area contributed by atoms with E-state index >= 15 is 0 Å². The van der Waals surface area contributed by atoms with Crippen LogP contribution in [0.4, 0.5) is 0 Å². The molecule has 0 aliphatic heterocycles. The Morgan fingerprint density at radius 3 is 2.50 bits per heavy atom. The summed E-state index contributed by atoms with van der Waals surface area (Å²) in [4.78, 5) is 23.6. The minimum absolute atomic E-state index is 0.0140. The number of hydrogen-bond acceptors (Lipinski definition) is 6. The van der Waals surface area contributed by atoms with Crippen molar-refractivity contribution in [3.05, 3.63) is 52.7 Å². The van der Waals surface area contributed by atoms with E-state index in [0.29, 0.717) is 11.3 Å². The van der Waals surface area contributed by atoms with E-state index in [1.165, 1.54) is 20.1 Å². The molecular weight excluding hydrogens is 312 g/mol. The number of esters is 1. The summed E-state index contributed by atoms with van der Waals surface area (Å²) < 4.78 is 16.0. The lowest BCUT2D eigenvalue weighted by Gasteiger charge is -2.12. The lowest BCUT2D eigenvalue weighted by atomic mass is 10.1. The summed E-state index contributed by atoms with van der Waals surface area (Å²) in [5, 5.41) is 10.1. The number of methoxy groups -OCH3 is 1. The number of carbonyl (C=O) groups is 1. The Balaban J connectivity index is 2.35. The fraction of sp³-hybridized carbons (Fsp3) is 0.111. The van der Waals surface area contributed by atoms with Gasteiger partial charge in [-0.25, -0.2) is 0 Å². The Morgan fingerprint density at radius 2 is 1.88 bits per heavy atom. The van der Waals surface area contributed by atoms with E-state index in [-0.39, 0.29) is 28.2 Å². The van der Waals surface area contributed by atoms with Crippen LogP contribution in [0.25, 0.3) is 22.3 Å². The van der Waals surface area contributed by atoms with Crippen molar-refractivity contribution in [1.29, 1.82) is 0 Å². The van der Waals surface area contributed by atoms with Crippen LogP contribution in [0.15, 0.2) is 51.7 Å². The topological polar surface area (TPSA) is 86.0 Å².